The van der Waals surface area contributed by atoms with Gasteiger partial charge < -0.3 is 4.57 Å². The van der Waals surface area contributed by atoms with Crippen LogP contribution in [0.2, 0.25) is 0 Å². The zero-order chi connectivity index (χ0) is 16.5. The van der Waals surface area contributed by atoms with E-state index in [-0.39, 0.29) is 0 Å². The number of hydrogen-bond donors (Lipinski definition) is 0. The zero-order valence-electron chi connectivity index (χ0n) is 14.4. The van der Waals surface area contributed by atoms with E-state index in [2.05, 4.69) is 76.2 Å². The van der Waals surface area contributed by atoms with E-state index >= 15 is 0 Å². The van der Waals surface area contributed by atoms with Crippen LogP contribution < -0.4 is 0 Å². The highest BCUT2D eigenvalue weighted by atomic mass is 15.3. The SMILES string of the molecule is CN(CCc1cccc2ccccc12)Cc1nnc(C2CC2)n1C. The molecular formula is C20H24N4. The molecule has 0 radical (unpaired) electrons. The van der Waals surface area contributed by atoms with Crippen LogP contribution in [0.15, 0.2) is 42.5 Å². The molecule has 0 unspecified atom stereocenters. The van der Waals surface area contributed by atoms with Gasteiger partial charge in [-0.3, -0.25) is 4.90 Å². The molecule has 1 aromatic heterocycles. The number of fused-ring (bicyclic) bond motifs is 1. The lowest BCUT2D eigenvalue weighted by Gasteiger charge is -2.17. The largest absolute Gasteiger partial charge is 0.317 e. The molecule has 3 aromatic rings. The van der Waals surface area contributed by atoms with E-state index in [0.29, 0.717) is 5.92 Å². The van der Waals surface area contributed by atoms with Crippen LogP contribution in [0.3, 0.4) is 0 Å². The lowest BCUT2D eigenvalue weighted by molar-refractivity contribution is 0.318. The molecule has 0 saturated heterocycles. The summed E-state index contributed by atoms with van der Waals surface area (Å²) in [5.74, 6) is 2.88. The minimum absolute atomic E-state index is 0.650. The van der Waals surface area contributed by atoms with Crippen LogP contribution in [0.5, 0.6) is 0 Å². The quantitative estimate of drug-likeness (QED) is 0.697. The molecule has 0 spiro atoms. The average Bonchev–Trinajstić information content (AvgIpc) is 3.38. The second kappa shape index (κ2) is 6.36. The Morgan fingerprint density at radius 2 is 1.88 bits per heavy atom. The van der Waals surface area contributed by atoms with Gasteiger partial charge in [-0.05, 0) is 42.6 Å². The molecule has 1 saturated carbocycles. The highest BCUT2D eigenvalue weighted by Crippen LogP contribution is 2.38. The van der Waals surface area contributed by atoms with Crippen molar-refractivity contribution in [1.82, 2.24) is 19.7 Å². The van der Waals surface area contributed by atoms with Crippen molar-refractivity contribution < 1.29 is 0 Å². The summed E-state index contributed by atoms with van der Waals surface area (Å²) in [7, 11) is 4.26. The molecule has 0 N–H and O–H groups in total. The normalized spacial score (nSPS) is 14.6. The first-order valence-electron chi connectivity index (χ1n) is 8.75. The maximum Gasteiger partial charge on any atom is 0.146 e. The summed E-state index contributed by atoms with van der Waals surface area (Å²) in [5, 5.41) is 11.5. The lowest BCUT2D eigenvalue weighted by Crippen LogP contribution is -2.22. The van der Waals surface area contributed by atoms with Crippen LogP contribution in [-0.4, -0.2) is 33.3 Å². The Hall–Kier alpha value is -2.20. The Labute approximate surface area is 143 Å². The van der Waals surface area contributed by atoms with Gasteiger partial charge in [0.25, 0.3) is 0 Å². The van der Waals surface area contributed by atoms with Gasteiger partial charge in [0.1, 0.15) is 11.6 Å². The van der Waals surface area contributed by atoms with Crippen molar-refractivity contribution in [2.75, 3.05) is 13.6 Å². The minimum Gasteiger partial charge on any atom is -0.317 e. The third kappa shape index (κ3) is 3.06. The summed E-state index contributed by atoms with van der Waals surface area (Å²) in [4.78, 5) is 2.34. The summed E-state index contributed by atoms with van der Waals surface area (Å²) < 4.78 is 2.19. The topological polar surface area (TPSA) is 34.0 Å². The third-order valence-electron chi connectivity index (χ3n) is 5.00. The van der Waals surface area contributed by atoms with Crippen LogP contribution in [0.25, 0.3) is 10.8 Å². The molecular weight excluding hydrogens is 296 g/mol. The third-order valence-corrected chi connectivity index (χ3v) is 5.00. The molecule has 0 aliphatic heterocycles. The Kier molecular flexibility index (Phi) is 4.07. The Morgan fingerprint density at radius 3 is 2.71 bits per heavy atom. The molecule has 2 aromatic carbocycles. The van der Waals surface area contributed by atoms with Gasteiger partial charge in [0.15, 0.2) is 0 Å². The molecule has 1 fully saturated rings. The van der Waals surface area contributed by atoms with Gasteiger partial charge in [-0.15, -0.1) is 10.2 Å². The van der Waals surface area contributed by atoms with E-state index in [9.17, 15) is 0 Å². The molecule has 4 rings (SSSR count). The van der Waals surface area contributed by atoms with Crippen molar-refractivity contribution >= 4 is 10.8 Å². The molecule has 1 heterocycles. The number of aromatic nitrogens is 3. The number of hydrogen-bond acceptors (Lipinski definition) is 3. The first kappa shape index (κ1) is 15.3. The van der Waals surface area contributed by atoms with E-state index in [0.717, 1.165) is 31.2 Å². The Balaban J connectivity index is 1.42. The van der Waals surface area contributed by atoms with Gasteiger partial charge >= 0.3 is 0 Å². The van der Waals surface area contributed by atoms with Crippen molar-refractivity contribution in [3.05, 3.63) is 59.7 Å². The monoisotopic (exact) mass is 320 g/mol. The van der Waals surface area contributed by atoms with Gasteiger partial charge in [-0.1, -0.05) is 42.5 Å². The van der Waals surface area contributed by atoms with E-state index in [4.69, 9.17) is 0 Å². The summed E-state index contributed by atoms with van der Waals surface area (Å²) in [6, 6.07) is 15.2. The number of nitrogens with zero attached hydrogens (tertiary/aromatic N) is 4. The van der Waals surface area contributed by atoms with Crippen molar-refractivity contribution in [3.8, 4) is 0 Å². The first-order chi connectivity index (χ1) is 11.7. The van der Waals surface area contributed by atoms with Gasteiger partial charge in [0.2, 0.25) is 0 Å². The molecule has 24 heavy (non-hydrogen) atoms. The van der Waals surface area contributed by atoms with Gasteiger partial charge in [0.05, 0.1) is 6.54 Å². The highest BCUT2D eigenvalue weighted by molar-refractivity contribution is 5.85. The molecule has 1 aliphatic carbocycles. The molecule has 0 atom stereocenters. The maximum atomic E-state index is 4.39. The molecule has 4 nitrogen and oxygen atoms in total. The van der Waals surface area contributed by atoms with Gasteiger partial charge in [-0.2, -0.15) is 0 Å². The van der Waals surface area contributed by atoms with Crippen LogP contribution in [0.4, 0.5) is 0 Å². The van der Waals surface area contributed by atoms with E-state index in [1.807, 2.05) is 0 Å². The molecule has 4 heteroatoms. The van der Waals surface area contributed by atoms with Crippen molar-refractivity contribution in [1.29, 1.82) is 0 Å². The fourth-order valence-electron chi connectivity index (χ4n) is 3.35. The van der Waals surface area contributed by atoms with E-state index in [1.54, 1.807) is 0 Å². The second-order valence-corrected chi connectivity index (χ2v) is 6.93. The Morgan fingerprint density at radius 1 is 1.08 bits per heavy atom. The summed E-state index contributed by atoms with van der Waals surface area (Å²) >= 11 is 0. The summed E-state index contributed by atoms with van der Waals surface area (Å²) in [6.07, 6.45) is 3.58. The fourth-order valence-corrected chi connectivity index (χ4v) is 3.35. The molecule has 1 aliphatic rings. The number of benzene rings is 2. The van der Waals surface area contributed by atoms with Gasteiger partial charge in [0, 0.05) is 19.5 Å². The second-order valence-electron chi connectivity index (χ2n) is 6.93. The maximum absolute atomic E-state index is 4.39. The van der Waals surface area contributed by atoms with E-state index < -0.39 is 0 Å². The van der Waals surface area contributed by atoms with E-state index in [1.165, 1.54) is 29.2 Å². The smallest absolute Gasteiger partial charge is 0.146 e. The Bertz CT molecular complexity index is 842. The average molecular weight is 320 g/mol. The van der Waals surface area contributed by atoms with Crippen LogP contribution >= 0.6 is 0 Å². The van der Waals surface area contributed by atoms with Crippen molar-refractivity contribution in [2.24, 2.45) is 7.05 Å². The lowest BCUT2D eigenvalue weighted by atomic mass is 10.0. The van der Waals surface area contributed by atoms with Crippen LogP contribution in [0.1, 0.15) is 36.0 Å². The highest BCUT2D eigenvalue weighted by Gasteiger charge is 2.29. The summed E-state index contributed by atoms with van der Waals surface area (Å²) in [5.41, 5.74) is 1.41. The van der Waals surface area contributed by atoms with Crippen molar-refractivity contribution in [3.63, 3.8) is 0 Å². The fraction of sp³-hybridized carbons (Fsp3) is 0.400. The minimum atomic E-state index is 0.650. The predicted molar refractivity (Wildman–Crippen MR) is 97.0 cm³/mol. The van der Waals surface area contributed by atoms with Crippen LogP contribution in [0, 0.1) is 0 Å². The number of rotatable bonds is 6. The number of likely N-dealkylation sites (N-methyl/N-ethyl adjacent to an activating group) is 1. The van der Waals surface area contributed by atoms with Crippen LogP contribution in [-0.2, 0) is 20.0 Å². The molecule has 0 bridgehead atoms. The predicted octanol–water partition coefficient (Wildman–Crippen LogP) is 3.52. The van der Waals surface area contributed by atoms with Gasteiger partial charge in [-0.25, -0.2) is 0 Å². The molecule has 0 amide bonds. The standard InChI is InChI=1S/C20H24N4/c1-23(14-19-21-22-20(24(19)2)17-10-11-17)13-12-16-8-5-7-15-6-3-4-9-18(15)16/h3-9,17H,10-14H2,1-2H3. The molecule has 124 valence electrons. The summed E-state index contributed by atoms with van der Waals surface area (Å²) in [6.45, 7) is 1.86. The van der Waals surface area contributed by atoms with Crippen molar-refractivity contribution in [2.45, 2.75) is 31.7 Å². The first-order valence-corrected chi connectivity index (χ1v) is 8.75. The zero-order valence-corrected chi connectivity index (χ0v) is 14.4.